The Morgan fingerprint density at radius 2 is 1.81 bits per heavy atom. The van der Waals surface area contributed by atoms with Gasteiger partial charge in [-0.1, -0.05) is 67.3 Å². The van der Waals surface area contributed by atoms with Gasteiger partial charge in [0.05, 0.1) is 5.39 Å². The van der Waals surface area contributed by atoms with Crippen LogP contribution in [0, 0.1) is 0 Å². The molecule has 4 rings (SSSR count). The van der Waals surface area contributed by atoms with E-state index < -0.39 is 0 Å². The van der Waals surface area contributed by atoms with E-state index in [0.717, 1.165) is 28.1 Å². The predicted molar refractivity (Wildman–Crippen MR) is 106 cm³/mol. The summed E-state index contributed by atoms with van der Waals surface area (Å²) >= 11 is 0. The van der Waals surface area contributed by atoms with Crippen LogP contribution in [0.2, 0.25) is 0 Å². The molecule has 4 nitrogen and oxygen atoms in total. The van der Waals surface area contributed by atoms with Crippen LogP contribution in [0.3, 0.4) is 0 Å². The summed E-state index contributed by atoms with van der Waals surface area (Å²) < 4.78 is 5.94. The SMILES string of the molecule is C=Cc1ccc(-c2cc3c(N[C@H](C)c4ccccc4)ncnc3o2)cc1. The van der Waals surface area contributed by atoms with Gasteiger partial charge in [0.25, 0.3) is 0 Å². The Morgan fingerprint density at radius 3 is 2.54 bits per heavy atom. The molecule has 2 aromatic carbocycles. The number of anilines is 1. The highest BCUT2D eigenvalue weighted by Gasteiger charge is 2.14. The molecule has 0 amide bonds. The molecule has 2 heterocycles. The molecule has 0 spiro atoms. The van der Waals surface area contributed by atoms with E-state index in [4.69, 9.17) is 4.42 Å². The summed E-state index contributed by atoms with van der Waals surface area (Å²) in [7, 11) is 0. The van der Waals surface area contributed by atoms with Crippen LogP contribution in [0.5, 0.6) is 0 Å². The summed E-state index contributed by atoms with van der Waals surface area (Å²) in [4.78, 5) is 8.68. The fourth-order valence-corrected chi connectivity index (χ4v) is 2.93. The number of nitrogens with one attached hydrogen (secondary N) is 1. The fraction of sp³-hybridized carbons (Fsp3) is 0.0909. The number of benzene rings is 2. The summed E-state index contributed by atoms with van der Waals surface area (Å²) in [6.07, 6.45) is 3.34. The van der Waals surface area contributed by atoms with Crippen LogP contribution in [-0.4, -0.2) is 9.97 Å². The standard InChI is InChI=1S/C22H19N3O/c1-3-16-9-11-18(12-10-16)20-13-19-21(23-14-24-22(19)26-20)25-15(2)17-7-5-4-6-8-17/h3-15H,1H2,2H3,(H,23,24,25)/t15-/m1/s1. The number of aromatic nitrogens is 2. The second-order valence-corrected chi connectivity index (χ2v) is 6.15. The van der Waals surface area contributed by atoms with E-state index in [9.17, 15) is 0 Å². The Hall–Kier alpha value is -3.40. The molecule has 26 heavy (non-hydrogen) atoms. The van der Waals surface area contributed by atoms with Crippen molar-refractivity contribution in [2.45, 2.75) is 13.0 Å². The van der Waals surface area contributed by atoms with Crippen molar-refractivity contribution in [1.29, 1.82) is 0 Å². The van der Waals surface area contributed by atoms with Gasteiger partial charge >= 0.3 is 0 Å². The van der Waals surface area contributed by atoms with Crippen LogP contribution in [0.25, 0.3) is 28.5 Å². The van der Waals surface area contributed by atoms with Gasteiger partial charge in [-0.3, -0.25) is 0 Å². The first kappa shape index (κ1) is 16.1. The minimum Gasteiger partial charge on any atom is -0.438 e. The third-order valence-electron chi connectivity index (χ3n) is 4.41. The van der Waals surface area contributed by atoms with Crippen molar-refractivity contribution in [2.24, 2.45) is 0 Å². The fourth-order valence-electron chi connectivity index (χ4n) is 2.93. The summed E-state index contributed by atoms with van der Waals surface area (Å²) in [5, 5.41) is 4.33. The maximum Gasteiger partial charge on any atom is 0.231 e. The normalized spacial score (nSPS) is 12.0. The first-order valence-corrected chi connectivity index (χ1v) is 8.53. The van der Waals surface area contributed by atoms with Crippen molar-refractivity contribution in [2.75, 3.05) is 5.32 Å². The number of hydrogen-bond acceptors (Lipinski definition) is 4. The van der Waals surface area contributed by atoms with Crippen molar-refractivity contribution >= 4 is 23.0 Å². The minimum absolute atomic E-state index is 0.125. The van der Waals surface area contributed by atoms with E-state index in [-0.39, 0.29) is 6.04 Å². The molecule has 0 aliphatic rings. The summed E-state index contributed by atoms with van der Waals surface area (Å²) in [5.74, 6) is 1.54. The molecular weight excluding hydrogens is 322 g/mol. The van der Waals surface area contributed by atoms with Gasteiger partial charge in [0.1, 0.15) is 17.9 Å². The van der Waals surface area contributed by atoms with Gasteiger partial charge < -0.3 is 9.73 Å². The molecule has 4 aromatic rings. The molecule has 0 aliphatic carbocycles. The Bertz CT molecular complexity index is 1040. The van der Waals surface area contributed by atoms with Crippen molar-refractivity contribution in [3.05, 3.63) is 84.7 Å². The van der Waals surface area contributed by atoms with E-state index >= 15 is 0 Å². The number of hydrogen-bond donors (Lipinski definition) is 1. The van der Waals surface area contributed by atoms with Crippen molar-refractivity contribution in [3.8, 4) is 11.3 Å². The average Bonchev–Trinajstić information content (AvgIpc) is 3.14. The predicted octanol–water partition coefficient (Wildman–Crippen LogP) is 5.71. The van der Waals surface area contributed by atoms with Gasteiger partial charge in [-0.25, -0.2) is 9.97 Å². The van der Waals surface area contributed by atoms with Gasteiger partial charge in [0, 0.05) is 11.6 Å². The minimum atomic E-state index is 0.125. The lowest BCUT2D eigenvalue weighted by Gasteiger charge is -2.14. The monoisotopic (exact) mass is 341 g/mol. The van der Waals surface area contributed by atoms with Crippen molar-refractivity contribution in [3.63, 3.8) is 0 Å². The molecule has 0 bridgehead atoms. The Morgan fingerprint density at radius 1 is 1.04 bits per heavy atom. The van der Waals surface area contributed by atoms with Crippen LogP contribution in [-0.2, 0) is 0 Å². The lowest BCUT2D eigenvalue weighted by Crippen LogP contribution is -2.08. The van der Waals surface area contributed by atoms with Gasteiger partial charge in [0.2, 0.25) is 5.71 Å². The lowest BCUT2D eigenvalue weighted by molar-refractivity contribution is 0.617. The molecule has 1 atom stereocenters. The average molecular weight is 341 g/mol. The highest BCUT2D eigenvalue weighted by atomic mass is 16.3. The van der Waals surface area contributed by atoms with Gasteiger partial charge in [0.15, 0.2) is 0 Å². The first-order valence-electron chi connectivity index (χ1n) is 8.53. The molecule has 4 heteroatoms. The highest BCUT2D eigenvalue weighted by Crippen LogP contribution is 2.31. The molecule has 2 aromatic heterocycles. The number of fused-ring (bicyclic) bond motifs is 1. The molecule has 0 radical (unpaired) electrons. The Balaban J connectivity index is 1.68. The number of nitrogens with zero attached hydrogens (tertiary/aromatic N) is 2. The number of furan rings is 1. The summed E-state index contributed by atoms with van der Waals surface area (Å²) in [6.45, 7) is 5.89. The van der Waals surface area contributed by atoms with Gasteiger partial charge in [-0.2, -0.15) is 0 Å². The van der Waals surface area contributed by atoms with E-state index in [1.54, 1.807) is 0 Å². The molecule has 0 unspecified atom stereocenters. The lowest BCUT2D eigenvalue weighted by atomic mass is 10.1. The van der Waals surface area contributed by atoms with Crippen LogP contribution in [0.15, 0.2) is 78.0 Å². The molecule has 0 saturated heterocycles. The van der Waals surface area contributed by atoms with E-state index in [2.05, 4.69) is 40.9 Å². The Labute approximate surface area is 152 Å². The topological polar surface area (TPSA) is 51.0 Å². The van der Waals surface area contributed by atoms with Crippen LogP contribution >= 0.6 is 0 Å². The highest BCUT2D eigenvalue weighted by molar-refractivity contribution is 5.89. The summed E-state index contributed by atoms with van der Waals surface area (Å²) in [6, 6.07) is 20.4. The molecule has 128 valence electrons. The maximum absolute atomic E-state index is 5.94. The maximum atomic E-state index is 5.94. The quantitative estimate of drug-likeness (QED) is 0.505. The molecular formula is C22H19N3O. The van der Waals surface area contributed by atoms with Crippen molar-refractivity contribution in [1.82, 2.24) is 9.97 Å². The smallest absolute Gasteiger partial charge is 0.231 e. The third-order valence-corrected chi connectivity index (χ3v) is 4.41. The van der Waals surface area contributed by atoms with E-state index in [1.807, 2.05) is 54.6 Å². The molecule has 0 fully saturated rings. The zero-order valence-electron chi connectivity index (χ0n) is 14.5. The third kappa shape index (κ3) is 3.09. The number of rotatable bonds is 5. The molecule has 0 saturated carbocycles. The molecule has 1 N–H and O–H groups in total. The second-order valence-electron chi connectivity index (χ2n) is 6.15. The largest absolute Gasteiger partial charge is 0.438 e. The van der Waals surface area contributed by atoms with Crippen molar-refractivity contribution < 1.29 is 4.42 Å². The van der Waals surface area contributed by atoms with Crippen LogP contribution in [0.1, 0.15) is 24.1 Å². The zero-order chi connectivity index (χ0) is 17.9. The Kier molecular flexibility index (Phi) is 4.23. The van der Waals surface area contributed by atoms with E-state index in [1.165, 1.54) is 11.9 Å². The van der Waals surface area contributed by atoms with Gasteiger partial charge in [-0.15, -0.1) is 0 Å². The van der Waals surface area contributed by atoms with Crippen LogP contribution < -0.4 is 5.32 Å². The molecule has 0 aliphatic heterocycles. The van der Waals surface area contributed by atoms with E-state index in [0.29, 0.717) is 5.71 Å². The van der Waals surface area contributed by atoms with Crippen LogP contribution in [0.4, 0.5) is 5.82 Å². The second kappa shape index (κ2) is 6.84. The summed E-state index contributed by atoms with van der Waals surface area (Å²) in [5.41, 5.74) is 3.84. The van der Waals surface area contributed by atoms with Gasteiger partial charge in [-0.05, 0) is 24.1 Å². The zero-order valence-corrected chi connectivity index (χ0v) is 14.5. The first-order chi connectivity index (χ1) is 12.7.